The van der Waals surface area contributed by atoms with Crippen molar-refractivity contribution in [1.82, 2.24) is 20.5 Å². The summed E-state index contributed by atoms with van der Waals surface area (Å²) in [4.78, 5) is 42.2. The van der Waals surface area contributed by atoms with Crippen molar-refractivity contribution in [2.75, 3.05) is 20.2 Å². The van der Waals surface area contributed by atoms with Crippen molar-refractivity contribution in [2.24, 2.45) is 5.92 Å². The maximum absolute atomic E-state index is 13.0. The summed E-state index contributed by atoms with van der Waals surface area (Å²) in [6, 6.07) is 6.09. The summed E-state index contributed by atoms with van der Waals surface area (Å²) in [6.07, 6.45) is 1.80. The van der Waals surface area contributed by atoms with Crippen LogP contribution in [0.5, 0.6) is 5.75 Å². The van der Waals surface area contributed by atoms with Gasteiger partial charge in [-0.1, -0.05) is 11.6 Å². The van der Waals surface area contributed by atoms with Crippen LogP contribution in [-0.2, 0) is 9.59 Å². The number of nitrogens with zero attached hydrogens (tertiary/aromatic N) is 2. The number of benzene rings is 1. The first kappa shape index (κ1) is 24.4. The number of nitriles is 1. The maximum Gasteiger partial charge on any atom is 0.268 e. The minimum absolute atomic E-state index is 0.0831. The third-order valence-corrected chi connectivity index (χ3v) is 5.98. The second-order valence-electron chi connectivity index (χ2n) is 8.34. The number of ether oxygens (including phenoxy) is 1. The molecule has 3 amide bonds. The Kier molecular flexibility index (Phi) is 7.82. The number of H-pyrrole nitrogens is 1. The van der Waals surface area contributed by atoms with E-state index in [1.807, 2.05) is 0 Å². The summed E-state index contributed by atoms with van der Waals surface area (Å²) < 4.78 is 5.31. The zero-order valence-electron chi connectivity index (χ0n) is 18.9. The van der Waals surface area contributed by atoms with Crippen molar-refractivity contribution < 1.29 is 19.1 Å². The topological polar surface area (TPSA) is 127 Å². The number of methoxy groups -OCH3 is 1. The molecule has 2 aromatic rings. The van der Waals surface area contributed by atoms with Gasteiger partial charge in [-0.2, -0.15) is 5.26 Å². The van der Waals surface area contributed by atoms with Gasteiger partial charge in [0.25, 0.3) is 5.91 Å². The minimum atomic E-state index is -0.761. The van der Waals surface area contributed by atoms with E-state index >= 15 is 0 Å². The van der Waals surface area contributed by atoms with Gasteiger partial charge in [0.15, 0.2) is 0 Å². The lowest BCUT2D eigenvalue weighted by Crippen LogP contribution is -2.50. The van der Waals surface area contributed by atoms with Gasteiger partial charge in [-0.3, -0.25) is 14.4 Å². The van der Waals surface area contributed by atoms with Crippen LogP contribution in [0, 0.1) is 17.2 Å². The molecule has 0 bridgehead atoms. The molecule has 1 aliphatic rings. The number of aromatic nitrogens is 1. The Morgan fingerprint density at radius 1 is 1.36 bits per heavy atom. The van der Waals surface area contributed by atoms with Crippen LogP contribution in [0.2, 0.25) is 5.02 Å². The fourth-order valence-electron chi connectivity index (χ4n) is 4.18. The highest BCUT2D eigenvalue weighted by atomic mass is 35.5. The van der Waals surface area contributed by atoms with Gasteiger partial charge in [-0.05, 0) is 51.3 Å². The first-order chi connectivity index (χ1) is 15.7. The molecular weight excluding hydrogens is 446 g/mol. The first-order valence-corrected chi connectivity index (χ1v) is 11.3. The highest BCUT2D eigenvalue weighted by Crippen LogP contribution is 2.30. The van der Waals surface area contributed by atoms with Crippen LogP contribution >= 0.6 is 11.6 Å². The van der Waals surface area contributed by atoms with Crippen molar-refractivity contribution in [3.05, 3.63) is 28.9 Å². The Morgan fingerprint density at radius 2 is 2.12 bits per heavy atom. The van der Waals surface area contributed by atoms with E-state index in [-0.39, 0.29) is 36.5 Å². The van der Waals surface area contributed by atoms with Gasteiger partial charge in [0, 0.05) is 28.9 Å². The summed E-state index contributed by atoms with van der Waals surface area (Å²) in [7, 11) is 1.51. The number of aromatic amines is 1. The molecule has 176 valence electrons. The number of hydrogen-bond acceptors (Lipinski definition) is 5. The quantitative estimate of drug-likeness (QED) is 0.543. The van der Waals surface area contributed by atoms with Crippen molar-refractivity contribution >= 4 is 40.2 Å². The van der Waals surface area contributed by atoms with E-state index in [0.29, 0.717) is 34.6 Å². The summed E-state index contributed by atoms with van der Waals surface area (Å²) in [5.74, 6) is -0.724. The molecule has 3 rings (SSSR count). The number of halogens is 1. The fourth-order valence-corrected chi connectivity index (χ4v) is 4.39. The Hall–Kier alpha value is -3.25. The Balaban J connectivity index is 1.69. The summed E-state index contributed by atoms with van der Waals surface area (Å²) >= 11 is 6.08. The van der Waals surface area contributed by atoms with E-state index in [9.17, 15) is 19.6 Å². The number of fused-ring (bicyclic) bond motifs is 1. The number of carbonyl (C=O) groups is 3. The van der Waals surface area contributed by atoms with E-state index in [4.69, 9.17) is 16.3 Å². The number of piperidine rings is 1. The van der Waals surface area contributed by atoms with Crippen LogP contribution in [0.4, 0.5) is 0 Å². The molecule has 0 spiro atoms. The lowest BCUT2D eigenvalue weighted by Gasteiger charge is -2.33. The maximum atomic E-state index is 13.0. The van der Waals surface area contributed by atoms with Gasteiger partial charge in [-0.15, -0.1) is 0 Å². The molecule has 0 aliphatic carbocycles. The van der Waals surface area contributed by atoms with Crippen LogP contribution in [0.3, 0.4) is 0 Å². The lowest BCUT2D eigenvalue weighted by molar-refractivity contribution is -0.135. The summed E-state index contributed by atoms with van der Waals surface area (Å²) in [5, 5.41) is 16.3. The molecular formula is C23H28ClN5O4. The number of nitrogens with one attached hydrogen (secondary N) is 3. The summed E-state index contributed by atoms with van der Waals surface area (Å²) in [5.41, 5.74) is 0.889. The standard InChI is InChI=1S/C23H28ClN5O4/c1-13(2)29(16(11-25)7-14-5-4-6-26-22(14)31)21(30)12-27-23(32)19-10-17-18(28-19)8-15(24)9-20(17)33-3/h8-10,13-14,16,28H,4-7,12H2,1-3H3,(H,26,31)(H,27,32)/t14-,16?/m0/s1. The molecule has 1 aromatic carbocycles. The molecule has 10 heteroatoms. The van der Waals surface area contributed by atoms with Gasteiger partial charge in [-0.25, -0.2) is 0 Å². The largest absolute Gasteiger partial charge is 0.496 e. The van der Waals surface area contributed by atoms with Crippen LogP contribution in [0.15, 0.2) is 18.2 Å². The molecule has 1 unspecified atom stereocenters. The Morgan fingerprint density at radius 3 is 2.76 bits per heavy atom. The molecule has 1 saturated heterocycles. The lowest BCUT2D eigenvalue weighted by atomic mass is 9.91. The highest BCUT2D eigenvalue weighted by molar-refractivity contribution is 6.31. The van der Waals surface area contributed by atoms with Gasteiger partial charge in [0.05, 0.1) is 25.2 Å². The summed E-state index contributed by atoms with van der Waals surface area (Å²) in [6.45, 7) is 3.97. The molecule has 0 saturated carbocycles. The smallest absolute Gasteiger partial charge is 0.268 e. The third-order valence-electron chi connectivity index (χ3n) is 5.77. The van der Waals surface area contributed by atoms with E-state index in [0.717, 1.165) is 6.42 Å². The van der Waals surface area contributed by atoms with E-state index in [1.54, 1.807) is 32.0 Å². The van der Waals surface area contributed by atoms with Crippen molar-refractivity contribution in [2.45, 2.75) is 45.2 Å². The normalized spacial score (nSPS) is 16.7. The molecule has 1 aliphatic heterocycles. The molecule has 2 atom stereocenters. The molecule has 3 N–H and O–H groups in total. The monoisotopic (exact) mass is 473 g/mol. The number of rotatable bonds is 8. The minimum Gasteiger partial charge on any atom is -0.496 e. The second kappa shape index (κ2) is 10.6. The van der Waals surface area contributed by atoms with E-state index in [1.165, 1.54) is 12.0 Å². The Bertz CT molecular complexity index is 1090. The SMILES string of the molecule is COc1cc(Cl)cc2[nH]c(C(=O)NCC(=O)N(C(C)C)C(C#N)C[C@@H]3CCCNC3=O)cc12. The van der Waals surface area contributed by atoms with Crippen LogP contribution in [0.1, 0.15) is 43.6 Å². The van der Waals surface area contributed by atoms with E-state index < -0.39 is 17.9 Å². The number of amides is 3. The number of carbonyl (C=O) groups excluding carboxylic acids is 3. The Labute approximate surface area is 197 Å². The fraction of sp³-hybridized carbons (Fsp3) is 0.478. The van der Waals surface area contributed by atoms with Gasteiger partial charge < -0.3 is 25.3 Å². The molecule has 0 radical (unpaired) electrons. The molecule has 1 fully saturated rings. The van der Waals surface area contributed by atoms with Crippen LogP contribution in [0.25, 0.3) is 10.9 Å². The molecule has 2 heterocycles. The predicted octanol–water partition coefficient (Wildman–Crippen LogP) is 2.61. The first-order valence-electron chi connectivity index (χ1n) is 10.9. The van der Waals surface area contributed by atoms with Gasteiger partial charge in [0.1, 0.15) is 17.5 Å². The zero-order chi connectivity index (χ0) is 24.1. The zero-order valence-corrected chi connectivity index (χ0v) is 19.7. The van der Waals surface area contributed by atoms with Crippen LogP contribution < -0.4 is 15.4 Å². The van der Waals surface area contributed by atoms with Crippen molar-refractivity contribution in [1.29, 1.82) is 5.26 Å². The molecule has 33 heavy (non-hydrogen) atoms. The average Bonchev–Trinajstić information content (AvgIpc) is 3.21. The molecule has 9 nitrogen and oxygen atoms in total. The third kappa shape index (κ3) is 5.57. The second-order valence-corrected chi connectivity index (χ2v) is 8.78. The van der Waals surface area contributed by atoms with Crippen molar-refractivity contribution in [3.63, 3.8) is 0 Å². The number of hydrogen-bond donors (Lipinski definition) is 3. The van der Waals surface area contributed by atoms with Gasteiger partial charge in [0.2, 0.25) is 11.8 Å². The molecule has 1 aromatic heterocycles. The highest BCUT2D eigenvalue weighted by Gasteiger charge is 2.32. The average molecular weight is 474 g/mol. The van der Waals surface area contributed by atoms with Crippen molar-refractivity contribution in [3.8, 4) is 11.8 Å². The van der Waals surface area contributed by atoms with Gasteiger partial charge >= 0.3 is 0 Å². The van der Waals surface area contributed by atoms with E-state index in [2.05, 4.69) is 21.7 Å². The predicted molar refractivity (Wildman–Crippen MR) is 124 cm³/mol. The van der Waals surface area contributed by atoms with Crippen LogP contribution in [-0.4, -0.2) is 59.9 Å².